The van der Waals surface area contributed by atoms with Crippen LogP contribution in [0, 0.1) is 0 Å². The molecule has 1 saturated heterocycles. The number of aromatic amines is 1. The van der Waals surface area contributed by atoms with Gasteiger partial charge in [-0.1, -0.05) is 31.0 Å². The summed E-state index contributed by atoms with van der Waals surface area (Å²) in [7, 11) is -3.43. The Morgan fingerprint density at radius 1 is 1.07 bits per heavy atom. The average molecular weight is 432 g/mol. The number of thiophene rings is 1. The minimum Gasteiger partial charge on any atom is -0.361 e. The van der Waals surface area contributed by atoms with Crippen LogP contribution in [0.4, 0.5) is 0 Å². The molecule has 1 aromatic carbocycles. The van der Waals surface area contributed by atoms with E-state index in [1.807, 2.05) is 30.5 Å². The highest BCUT2D eigenvalue weighted by atomic mass is 32.2. The Bertz CT molecular complexity index is 1090. The zero-order chi connectivity index (χ0) is 20.3. The van der Waals surface area contributed by atoms with Gasteiger partial charge in [-0.05, 0) is 36.6 Å². The number of carbonyl (C=O) groups is 1. The molecule has 0 spiro atoms. The maximum Gasteiger partial charge on any atom is 0.252 e. The zero-order valence-electron chi connectivity index (χ0n) is 16.2. The minimum atomic E-state index is -3.43. The maximum atomic E-state index is 12.9. The second-order valence-electron chi connectivity index (χ2n) is 7.35. The van der Waals surface area contributed by atoms with Crippen molar-refractivity contribution in [1.82, 2.24) is 14.6 Å². The van der Waals surface area contributed by atoms with E-state index in [2.05, 4.69) is 10.3 Å². The van der Waals surface area contributed by atoms with E-state index < -0.39 is 10.0 Å². The standard InChI is InChI=1S/C21H25N3O3S2/c25-20(13-16-14-22-19-8-4-3-7-18(16)19)23-15-17-9-10-21(28-17)29(26,27)24-11-5-1-2-6-12-24/h3-4,7-10,14,22H,1-2,5-6,11-13,15H2,(H,23,25). The van der Waals surface area contributed by atoms with Crippen molar-refractivity contribution >= 4 is 38.2 Å². The largest absolute Gasteiger partial charge is 0.361 e. The fourth-order valence-corrected chi connectivity index (χ4v) is 6.67. The van der Waals surface area contributed by atoms with E-state index in [1.54, 1.807) is 16.4 Å². The van der Waals surface area contributed by atoms with E-state index in [0.717, 1.165) is 47.0 Å². The molecule has 3 heterocycles. The lowest BCUT2D eigenvalue weighted by molar-refractivity contribution is -0.120. The Labute approximate surface area is 175 Å². The third-order valence-corrected chi connectivity index (χ3v) is 8.73. The minimum absolute atomic E-state index is 0.0833. The van der Waals surface area contributed by atoms with Crippen LogP contribution in [0.15, 0.2) is 46.8 Å². The van der Waals surface area contributed by atoms with E-state index in [-0.39, 0.29) is 12.3 Å². The van der Waals surface area contributed by atoms with Crippen LogP contribution < -0.4 is 5.32 Å². The molecule has 154 valence electrons. The molecule has 8 heteroatoms. The molecular weight excluding hydrogens is 406 g/mol. The molecule has 29 heavy (non-hydrogen) atoms. The molecule has 0 aliphatic carbocycles. The summed E-state index contributed by atoms with van der Waals surface area (Å²) in [6.07, 6.45) is 6.16. The van der Waals surface area contributed by atoms with Gasteiger partial charge in [-0.2, -0.15) is 4.31 Å². The number of para-hydroxylation sites is 1. The van der Waals surface area contributed by atoms with Crippen LogP contribution in [0.1, 0.15) is 36.1 Å². The molecule has 0 radical (unpaired) electrons. The van der Waals surface area contributed by atoms with Crippen molar-refractivity contribution in [1.29, 1.82) is 0 Å². The monoisotopic (exact) mass is 431 g/mol. The van der Waals surface area contributed by atoms with Crippen LogP contribution in [-0.4, -0.2) is 36.7 Å². The number of sulfonamides is 1. The first-order valence-corrected chi connectivity index (χ1v) is 12.2. The fourth-order valence-electron chi connectivity index (χ4n) is 3.70. The number of rotatable bonds is 6. The molecule has 3 aromatic rings. The highest BCUT2D eigenvalue weighted by molar-refractivity contribution is 7.91. The number of hydrogen-bond donors (Lipinski definition) is 2. The SMILES string of the molecule is O=C(Cc1c[nH]c2ccccc12)NCc1ccc(S(=O)(=O)N2CCCCCC2)s1. The predicted molar refractivity (Wildman–Crippen MR) is 115 cm³/mol. The number of benzene rings is 1. The Hall–Kier alpha value is -2.16. The first-order chi connectivity index (χ1) is 14.0. The highest BCUT2D eigenvalue weighted by Crippen LogP contribution is 2.27. The predicted octanol–water partition coefficient (Wildman–Crippen LogP) is 3.65. The number of nitrogens with one attached hydrogen (secondary N) is 2. The summed E-state index contributed by atoms with van der Waals surface area (Å²) in [6, 6.07) is 11.3. The van der Waals surface area contributed by atoms with Crippen LogP contribution in [0.5, 0.6) is 0 Å². The Balaban J connectivity index is 1.37. The van der Waals surface area contributed by atoms with Gasteiger partial charge >= 0.3 is 0 Å². The Kier molecular flexibility index (Phi) is 6.03. The summed E-state index contributed by atoms with van der Waals surface area (Å²) in [5.41, 5.74) is 1.96. The van der Waals surface area contributed by atoms with E-state index in [0.29, 0.717) is 23.8 Å². The Morgan fingerprint density at radius 3 is 2.62 bits per heavy atom. The number of amides is 1. The molecular formula is C21H25N3O3S2. The zero-order valence-corrected chi connectivity index (χ0v) is 17.8. The molecule has 1 aliphatic rings. The van der Waals surface area contributed by atoms with Crippen molar-refractivity contribution in [3.8, 4) is 0 Å². The molecule has 0 bridgehead atoms. The third-order valence-electron chi connectivity index (χ3n) is 5.28. The van der Waals surface area contributed by atoms with E-state index in [4.69, 9.17) is 0 Å². The first-order valence-electron chi connectivity index (χ1n) is 9.94. The van der Waals surface area contributed by atoms with Gasteiger partial charge in [0.25, 0.3) is 10.0 Å². The van der Waals surface area contributed by atoms with Crippen molar-refractivity contribution in [3.63, 3.8) is 0 Å². The van der Waals surface area contributed by atoms with Crippen LogP contribution in [0.3, 0.4) is 0 Å². The molecule has 1 aliphatic heterocycles. The lowest BCUT2D eigenvalue weighted by Gasteiger charge is -2.18. The summed E-state index contributed by atoms with van der Waals surface area (Å²) in [5.74, 6) is -0.0833. The summed E-state index contributed by atoms with van der Waals surface area (Å²) in [5, 5.41) is 3.95. The average Bonchev–Trinajstić information content (AvgIpc) is 3.26. The van der Waals surface area contributed by atoms with Gasteiger partial charge < -0.3 is 10.3 Å². The smallest absolute Gasteiger partial charge is 0.252 e. The topological polar surface area (TPSA) is 82.3 Å². The van der Waals surface area contributed by atoms with Crippen molar-refractivity contribution in [2.45, 2.75) is 42.9 Å². The lowest BCUT2D eigenvalue weighted by atomic mass is 10.1. The van der Waals surface area contributed by atoms with Crippen LogP contribution in [0.2, 0.25) is 0 Å². The number of aromatic nitrogens is 1. The number of hydrogen-bond acceptors (Lipinski definition) is 4. The van der Waals surface area contributed by atoms with Crippen molar-refractivity contribution in [2.24, 2.45) is 0 Å². The molecule has 0 saturated carbocycles. The normalized spacial score (nSPS) is 16.0. The van der Waals surface area contributed by atoms with E-state index in [9.17, 15) is 13.2 Å². The molecule has 4 rings (SSSR count). The van der Waals surface area contributed by atoms with Gasteiger partial charge in [0, 0.05) is 35.1 Å². The van der Waals surface area contributed by atoms with Gasteiger partial charge in [0.15, 0.2) is 0 Å². The van der Waals surface area contributed by atoms with E-state index >= 15 is 0 Å². The summed E-state index contributed by atoms with van der Waals surface area (Å²) >= 11 is 1.24. The van der Waals surface area contributed by atoms with Gasteiger partial charge in [-0.3, -0.25) is 4.79 Å². The second kappa shape index (κ2) is 8.69. The number of carbonyl (C=O) groups excluding carboxylic acids is 1. The van der Waals surface area contributed by atoms with Gasteiger partial charge in [-0.25, -0.2) is 8.42 Å². The van der Waals surface area contributed by atoms with Gasteiger partial charge in [0.1, 0.15) is 4.21 Å². The van der Waals surface area contributed by atoms with E-state index in [1.165, 1.54) is 11.3 Å². The van der Waals surface area contributed by atoms with Crippen molar-refractivity contribution < 1.29 is 13.2 Å². The molecule has 1 fully saturated rings. The number of fused-ring (bicyclic) bond motifs is 1. The summed E-state index contributed by atoms with van der Waals surface area (Å²) < 4.78 is 27.7. The fraction of sp³-hybridized carbons (Fsp3) is 0.381. The number of H-pyrrole nitrogens is 1. The second-order valence-corrected chi connectivity index (χ2v) is 10.7. The highest BCUT2D eigenvalue weighted by Gasteiger charge is 2.26. The Morgan fingerprint density at radius 2 is 1.83 bits per heavy atom. The van der Waals surface area contributed by atoms with Crippen LogP contribution in [0.25, 0.3) is 10.9 Å². The lowest BCUT2D eigenvalue weighted by Crippen LogP contribution is -2.31. The quantitative estimate of drug-likeness (QED) is 0.625. The molecule has 0 atom stereocenters. The van der Waals surface area contributed by atoms with Gasteiger partial charge in [-0.15, -0.1) is 11.3 Å². The third kappa shape index (κ3) is 4.55. The van der Waals surface area contributed by atoms with Crippen molar-refractivity contribution in [2.75, 3.05) is 13.1 Å². The summed E-state index contributed by atoms with van der Waals surface area (Å²) in [6.45, 7) is 1.52. The van der Waals surface area contributed by atoms with Gasteiger partial charge in [0.2, 0.25) is 5.91 Å². The van der Waals surface area contributed by atoms with Crippen LogP contribution in [-0.2, 0) is 27.8 Å². The summed E-state index contributed by atoms with van der Waals surface area (Å²) in [4.78, 5) is 16.4. The molecule has 6 nitrogen and oxygen atoms in total. The number of nitrogens with zero attached hydrogens (tertiary/aromatic N) is 1. The molecule has 2 N–H and O–H groups in total. The van der Waals surface area contributed by atoms with Gasteiger partial charge in [0.05, 0.1) is 13.0 Å². The molecule has 0 unspecified atom stereocenters. The molecule has 1 amide bonds. The van der Waals surface area contributed by atoms with Crippen LogP contribution >= 0.6 is 11.3 Å². The molecule has 2 aromatic heterocycles. The van der Waals surface area contributed by atoms with Crippen molar-refractivity contribution in [3.05, 3.63) is 53.0 Å². The maximum absolute atomic E-state index is 12.9. The first kappa shape index (κ1) is 20.1.